The number of carbonyl (C=O) groups excluding carboxylic acids is 1. The topological polar surface area (TPSA) is 56.1 Å². The summed E-state index contributed by atoms with van der Waals surface area (Å²) < 4.78 is 67.7. The molecule has 1 fully saturated rings. The molecule has 4 nitrogen and oxygen atoms in total. The van der Waals surface area contributed by atoms with E-state index in [1.807, 2.05) is 6.92 Å². The van der Waals surface area contributed by atoms with Gasteiger partial charge in [-0.15, -0.1) is 11.6 Å². The lowest BCUT2D eigenvalue weighted by molar-refractivity contribution is -0.148. The number of halogens is 4. The average Bonchev–Trinajstić information content (AvgIpc) is 3.40. The van der Waals surface area contributed by atoms with Crippen molar-refractivity contribution in [2.75, 3.05) is 5.88 Å². The zero-order chi connectivity index (χ0) is 23.6. The largest absolute Gasteiger partial charge is 0.392 e. The number of hydrogen-bond acceptors (Lipinski definition) is 3. The SMILES string of the molecule is Cc1cc(C)c(S(=O)(=O)n2cc(C(=O)CCl)c3ccc([C@@H]4C[C@H]4C(F)(F)F)cc32)c(C)c1. The summed E-state index contributed by atoms with van der Waals surface area (Å²) in [6.45, 7) is 5.23. The maximum Gasteiger partial charge on any atom is 0.392 e. The van der Waals surface area contributed by atoms with Gasteiger partial charge in [0.15, 0.2) is 5.78 Å². The smallest absolute Gasteiger partial charge is 0.293 e. The number of aromatic nitrogens is 1. The highest BCUT2D eigenvalue weighted by Gasteiger charge is 2.56. The van der Waals surface area contributed by atoms with Gasteiger partial charge in [0, 0.05) is 17.1 Å². The molecule has 3 aromatic rings. The molecule has 32 heavy (non-hydrogen) atoms. The van der Waals surface area contributed by atoms with Gasteiger partial charge in [-0.05, 0) is 55.9 Å². The van der Waals surface area contributed by atoms with Crippen LogP contribution in [0.25, 0.3) is 10.9 Å². The van der Waals surface area contributed by atoms with Crippen LogP contribution in [0.5, 0.6) is 0 Å². The second kappa shape index (κ2) is 7.63. The van der Waals surface area contributed by atoms with Gasteiger partial charge in [0.25, 0.3) is 10.0 Å². The highest BCUT2D eigenvalue weighted by atomic mass is 35.5. The first-order valence-electron chi connectivity index (χ1n) is 10.0. The maximum absolute atomic E-state index is 13.7. The van der Waals surface area contributed by atoms with E-state index in [1.165, 1.54) is 24.4 Å². The summed E-state index contributed by atoms with van der Waals surface area (Å²) in [5.74, 6) is -2.97. The van der Waals surface area contributed by atoms with Crippen LogP contribution in [0.15, 0.2) is 41.4 Å². The molecule has 2 aromatic carbocycles. The predicted octanol–water partition coefficient (Wildman–Crippen LogP) is 5.89. The van der Waals surface area contributed by atoms with Gasteiger partial charge in [-0.2, -0.15) is 13.2 Å². The number of hydrogen-bond donors (Lipinski definition) is 0. The summed E-state index contributed by atoms with van der Waals surface area (Å²) in [5.41, 5.74) is 2.69. The van der Waals surface area contributed by atoms with Crippen LogP contribution in [0.3, 0.4) is 0 Å². The van der Waals surface area contributed by atoms with Crippen LogP contribution in [-0.4, -0.2) is 30.2 Å². The van der Waals surface area contributed by atoms with Crippen LogP contribution in [0.2, 0.25) is 0 Å². The van der Waals surface area contributed by atoms with Gasteiger partial charge in [-0.25, -0.2) is 12.4 Å². The monoisotopic (exact) mass is 483 g/mol. The molecule has 1 aliphatic carbocycles. The number of Topliss-reactive ketones (excluding diaryl/α,β-unsaturated/α-hetero) is 1. The van der Waals surface area contributed by atoms with Crippen molar-refractivity contribution in [2.24, 2.45) is 5.92 Å². The third kappa shape index (κ3) is 3.73. The van der Waals surface area contributed by atoms with Crippen molar-refractivity contribution in [3.05, 3.63) is 64.3 Å². The molecule has 1 heterocycles. The first kappa shape index (κ1) is 22.9. The third-order valence-electron chi connectivity index (χ3n) is 5.98. The number of ketones is 1. The van der Waals surface area contributed by atoms with Crippen LogP contribution in [0, 0.1) is 26.7 Å². The molecule has 0 unspecified atom stereocenters. The van der Waals surface area contributed by atoms with Gasteiger partial charge in [-0.3, -0.25) is 4.79 Å². The van der Waals surface area contributed by atoms with E-state index in [0.29, 0.717) is 22.1 Å². The summed E-state index contributed by atoms with van der Waals surface area (Å²) in [4.78, 5) is 12.5. The van der Waals surface area contributed by atoms with Gasteiger partial charge in [0.2, 0.25) is 0 Å². The molecule has 0 N–H and O–H groups in total. The van der Waals surface area contributed by atoms with Crippen molar-refractivity contribution in [3.8, 4) is 0 Å². The highest BCUT2D eigenvalue weighted by Crippen LogP contribution is 2.56. The van der Waals surface area contributed by atoms with Crippen molar-refractivity contribution in [3.63, 3.8) is 0 Å². The molecule has 9 heteroatoms. The Hall–Kier alpha value is -2.32. The molecule has 0 saturated heterocycles. The summed E-state index contributed by atoms with van der Waals surface area (Å²) in [7, 11) is -4.13. The molecule has 0 radical (unpaired) electrons. The van der Waals surface area contributed by atoms with Crippen LogP contribution in [0.4, 0.5) is 13.2 Å². The number of alkyl halides is 4. The predicted molar refractivity (Wildman–Crippen MR) is 117 cm³/mol. The molecule has 4 rings (SSSR count). The minimum atomic E-state index is -4.30. The van der Waals surface area contributed by atoms with Crippen LogP contribution >= 0.6 is 11.6 Å². The average molecular weight is 484 g/mol. The molecule has 0 spiro atoms. The Morgan fingerprint density at radius 2 is 1.75 bits per heavy atom. The number of benzene rings is 2. The Morgan fingerprint density at radius 3 is 2.28 bits per heavy atom. The number of rotatable bonds is 5. The minimum absolute atomic E-state index is 0.0356. The molecule has 1 aliphatic rings. The van der Waals surface area contributed by atoms with Crippen LogP contribution < -0.4 is 0 Å². The normalized spacial score (nSPS) is 18.8. The zero-order valence-electron chi connectivity index (χ0n) is 17.6. The van der Waals surface area contributed by atoms with Crippen molar-refractivity contribution in [2.45, 2.75) is 44.2 Å². The van der Waals surface area contributed by atoms with E-state index in [1.54, 1.807) is 26.0 Å². The molecule has 170 valence electrons. The van der Waals surface area contributed by atoms with E-state index in [-0.39, 0.29) is 28.3 Å². The molecule has 1 aromatic heterocycles. The summed E-state index contributed by atoms with van der Waals surface area (Å²) in [6, 6.07) is 7.99. The molecule has 0 aliphatic heterocycles. The Kier molecular flexibility index (Phi) is 5.45. The first-order valence-corrected chi connectivity index (χ1v) is 12.0. The van der Waals surface area contributed by atoms with E-state index >= 15 is 0 Å². The fourth-order valence-corrected chi connectivity index (χ4v) is 6.46. The fraction of sp³-hybridized carbons (Fsp3) is 0.348. The summed E-state index contributed by atoms with van der Waals surface area (Å²) >= 11 is 5.72. The highest BCUT2D eigenvalue weighted by molar-refractivity contribution is 7.90. The number of fused-ring (bicyclic) bond motifs is 1. The van der Waals surface area contributed by atoms with Gasteiger partial charge in [-0.1, -0.05) is 29.8 Å². The van der Waals surface area contributed by atoms with Crippen molar-refractivity contribution >= 4 is 38.3 Å². The third-order valence-corrected chi connectivity index (χ3v) is 8.20. The molecule has 0 bridgehead atoms. The minimum Gasteiger partial charge on any atom is -0.293 e. The lowest BCUT2D eigenvalue weighted by atomic mass is 10.0. The molecule has 2 atom stereocenters. The molecular weight excluding hydrogens is 463 g/mol. The van der Waals surface area contributed by atoms with Gasteiger partial charge in [0.05, 0.1) is 22.2 Å². The van der Waals surface area contributed by atoms with Crippen molar-refractivity contribution in [1.29, 1.82) is 0 Å². The Bertz CT molecular complexity index is 1340. The van der Waals surface area contributed by atoms with Crippen LogP contribution in [0.1, 0.15) is 45.0 Å². The Labute approximate surface area is 189 Å². The van der Waals surface area contributed by atoms with Gasteiger partial charge >= 0.3 is 6.18 Å². The fourth-order valence-electron chi connectivity index (χ4n) is 4.54. The lowest BCUT2D eigenvalue weighted by Crippen LogP contribution is -2.15. The molecule has 1 saturated carbocycles. The standard InChI is InChI=1S/C23H21ClF3NO3S/c1-12-6-13(2)22(14(3)7-12)32(30,31)28-11-18(21(29)10-24)16-5-4-15(8-20(16)28)17-9-19(17)23(25,26)27/h4-8,11,17,19H,9-10H2,1-3H3/t17-,19+/m0/s1. The Morgan fingerprint density at radius 1 is 1.12 bits per heavy atom. The summed E-state index contributed by atoms with van der Waals surface area (Å²) in [6.07, 6.45) is -3.11. The quantitative estimate of drug-likeness (QED) is 0.336. The van der Waals surface area contributed by atoms with Gasteiger partial charge in [0.1, 0.15) is 0 Å². The van der Waals surface area contributed by atoms with Gasteiger partial charge < -0.3 is 0 Å². The number of nitrogens with zero attached hydrogens (tertiary/aromatic N) is 1. The second-order valence-corrected chi connectivity index (χ2v) is 10.4. The van der Waals surface area contributed by atoms with E-state index in [4.69, 9.17) is 11.6 Å². The zero-order valence-corrected chi connectivity index (χ0v) is 19.2. The Balaban J connectivity index is 1.94. The molecular formula is C23H21ClF3NO3S. The van der Waals surface area contributed by atoms with Crippen molar-refractivity contribution < 1.29 is 26.4 Å². The number of aryl methyl sites for hydroxylation is 3. The second-order valence-electron chi connectivity index (χ2n) is 8.40. The number of carbonyl (C=O) groups is 1. The molecule has 0 amide bonds. The first-order chi connectivity index (χ1) is 14.9. The van der Waals surface area contributed by atoms with E-state index in [2.05, 4.69) is 0 Å². The van der Waals surface area contributed by atoms with Crippen LogP contribution in [-0.2, 0) is 10.0 Å². The van der Waals surface area contributed by atoms with E-state index in [0.717, 1.165) is 9.54 Å². The summed E-state index contributed by atoms with van der Waals surface area (Å²) in [5, 5.41) is 0.342. The lowest BCUT2D eigenvalue weighted by Gasteiger charge is -2.14. The maximum atomic E-state index is 13.7. The van der Waals surface area contributed by atoms with E-state index < -0.39 is 33.8 Å². The van der Waals surface area contributed by atoms with E-state index in [9.17, 15) is 26.4 Å². The van der Waals surface area contributed by atoms with Crippen molar-refractivity contribution in [1.82, 2.24) is 3.97 Å².